The average molecular weight is 261 g/mol. The molecule has 0 bridgehead atoms. The van der Waals surface area contributed by atoms with Gasteiger partial charge in [-0.3, -0.25) is 9.78 Å². The van der Waals surface area contributed by atoms with E-state index in [4.69, 9.17) is 11.6 Å². The molecular weight excluding hydrogens is 248 g/mol. The highest BCUT2D eigenvalue weighted by atomic mass is 35.5. The summed E-state index contributed by atoms with van der Waals surface area (Å²) in [7, 11) is 0. The van der Waals surface area contributed by atoms with Crippen LogP contribution in [-0.2, 0) is 6.54 Å². The monoisotopic (exact) mass is 260 g/mol. The normalized spacial score (nSPS) is 10.1. The largest absolute Gasteiger partial charge is 0.380 e. The van der Waals surface area contributed by atoms with Crippen molar-refractivity contribution in [1.29, 1.82) is 0 Å². The van der Waals surface area contributed by atoms with Crippen molar-refractivity contribution < 1.29 is 4.79 Å². The Balaban J connectivity index is 2.14. The van der Waals surface area contributed by atoms with E-state index in [9.17, 15) is 4.79 Å². The van der Waals surface area contributed by atoms with Crippen molar-refractivity contribution in [2.45, 2.75) is 13.5 Å². The van der Waals surface area contributed by atoms with Crippen molar-refractivity contribution in [3.05, 3.63) is 58.9 Å². The minimum Gasteiger partial charge on any atom is -0.380 e. The summed E-state index contributed by atoms with van der Waals surface area (Å²) >= 11 is 6.08. The standard InChI is InChI=1S/C14H13ClN2O/c1-10(18)12-2-3-13(15)14(8-12)17-9-11-4-6-16-7-5-11/h2-8,17H,9H2,1H3. The number of hydrogen-bond acceptors (Lipinski definition) is 3. The van der Waals surface area contributed by atoms with Crippen LogP contribution < -0.4 is 5.32 Å². The van der Waals surface area contributed by atoms with Crippen LogP contribution in [-0.4, -0.2) is 10.8 Å². The Bertz CT molecular complexity index is 555. The Labute approximate surface area is 111 Å². The third kappa shape index (κ3) is 3.08. The molecular formula is C14H13ClN2O. The Hall–Kier alpha value is -1.87. The van der Waals surface area contributed by atoms with E-state index in [1.54, 1.807) is 30.6 Å². The van der Waals surface area contributed by atoms with E-state index < -0.39 is 0 Å². The number of nitrogens with one attached hydrogen (secondary N) is 1. The molecule has 3 nitrogen and oxygen atoms in total. The zero-order chi connectivity index (χ0) is 13.0. The maximum Gasteiger partial charge on any atom is 0.159 e. The molecule has 2 aromatic rings. The second-order valence-corrected chi connectivity index (χ2v) is 4.37. The minimum atomic E-state index is 0.0265. The first-order valence-electron chi connectivity index (χ1n) is 5.60. The summed E-state index contributed by atoms with van der Waals surface area (Å²) in [5.41, 5.74) is 2.52. The quantitative estimate of drug-likeness (QED) is 0.855. The summed E-state index contributed by atoms with van der Waals surface area (Å²) in [6.45, 7) is 2.18. The summed E-state index contributed by atoms with van der Waals surface area (Å²) < 4.78 is 0. The fraction of sp³-hybridized carbons (Fsp3) is 0.143. The molecule has 4 heteroatoms. The van der Waals surface area contributed by atoms with Crippen molar-refractivity contribution in [1.82, 2.24) is 4.98 Å². The van der Waals surface area contributed by atoms with Crippen molar-refractivity contribution in [2.24, 2.45) is 0 Å². The number of rotatable bonds is 4. The summed E-state index contributed by atoms with van der Waals surface area (Å²) in [6.07, 6.45) is 3.48. The van der Waals surface area contributed by atoms with Crippen LogP contribution in [0.3, 0.4) is 0 Å². The van der Waals surface area contributed by atoms with Crippen LogP contribution in [0.1, 0.15) is 22.8 Å². The molecule has 0 radical (unpaired) electrons. The first-order chi connectivity index (χ1) is 8.66. The van der Waals surface area contributed by atoms with Crippen LogP contribution in [0, 0.1) is 0 Å². The smallest absolute Gasteiger partial charge is 0.159 e. The van der Waals surface area contributed by atoms with Crippen LogP contribution in [0.15, 0.2) is 42.7 Å². The maximum absolute atomic E-state index is 11.3. The molecule has 1 heterocycles. The van der Waals surface area contributed by atoms with E-state index >= 15 is 0 Å². The van der Waals surface area contributed by atoms with E-state index in [0.717, 1.165) is 11.3 Å². The topological polar surface area (TPSA) is 42.0 Å². The SMILES string of the molecule is CC(=O)c1ccc(Cl)c(NCc2ccncc2)c1. The molecule has 1 N–H and O–H groups in total. The highest BCUT2D eigenvalue weighted by Crippen LogP contribution is 2.23. The van der Waals surface area contributed by atoms with Crippen molar-refractivity contribution >= 4 is 23.1 Å². The van der Waals surface area contributed by atoms with Gasteiger partial charge in [-0.15, -0.1) is 0 Å². The highest BCUT2D eigenvalue weighted by molar-refractivity contribution is 6.33. The third-order valence-corrected chi connectivity index (χ3v) is 2.93. The number of nitrogens with zero attached hydrogens (tertiary/aromatic N) is 1. The number of carbonyl (C=O) groups excluding carboxylic acids is 1. The number of aromatic nitrogens is 1. The van der Waals surface area contributed by atoms with E-state index in [2.05, 4.69) is 10.3 Å². The summed E-state index contributed by atoms with van der Waals surface area (Å²) in [6, 6.07) is 9.08. The van der Waals surface area contributed by atoms with Gasteiger partial charge in [0, 0.05) is 24.5 Å². The summed E-state index contributed by atoms with van der Waals surface area (Å²) in [5, 5.41) is 3.82. The van der Waals surface area contributed by atoms with Crippen LogP contribution in [0.5, 0.6) is 0 Å². The van der Waals surface area contributed by atoms with Gasteiger partial charge < -0.3 is 5.32 Å². The summed E-state index contributed by atoms with van der Waals surface area (Å²) in [4.78, 5) is 15.3. The molecule has 1 aromatic heterocycles. The predicted octanol–water partition coefficient (Wildman–Crippen LogP) is 3.55. The number of pyridine rings is 1. The second kappa shape index (κ2) is 5.65. The second-order valence-electron chi connectivity index (χ2n) is 3.96. The van der Waals surface area contributed by atoms with Gasteiger partial charge in [-0.05, 0) is 42.8 Å². The Morgan fingerprint density at radius 1 is 1.28 bits per heavy atom. The van der Waals surface area contributed by atoms with Crippen molar-refractivity contribution in [3.63, 3.8) is 0 Å². The number of carbonyl (C=O) groups is 1. The molecule has 92 valence electrons. The fourth-order valence-corrected chi connectivity index (χ4v) is 1.76. The van der Waals surface area contributed by atoms with Gasteiger partial charge in [0.25, 0.3) is 0 Å². The molecule has 18 heavy (non-hydrogen) atoms. The molecule has 0 aliphatic heterocycles. The maximum atomic E-state index is 11.3. The lowest BCUT2D eigenvalue weighted by Crippen LogP contribution is -2.01. The van der Waals surface area contributed by atoms with Crippen LogP contribution >= 0.6 is 11.6 Å². The van der Waals surface area contributed by atoms with Crippen molar-refractivity contribution in [3.8, 4) is 0 Å². The Morgan fingerprint density at radius 2 is 2.00 bits per heavy atom. The third-order valence-electron chi connectivity index (χ3n) is 2.61. The first kappa shape index (κ1) is 12.6. The molecule has 0 fully saturated rings. The minimum absolute atomic E-state index is 0.0265. The van der Waals surface area contributed by atoms with E-state index in [0.29, 0.717) is 17.1 Å². The van der Waals surface area contributed by atoms with Gasteiger partial charge in [-0.2, -0.15) is 0 Å². The highest BCUT2D eigenvalue weighted by Gasteiger charge is 2.05. The molecule has 0 unspecified atom stereocenters. The molecule has 2 rings (SSSR count). The molecule has 0 saturated carbocycles. The molecule has 0 aliphatic rings. The Kier molecular flexibility index (Phi) is 3.95. The molecule has 0 spiro atoms. The number of Topliss-reactive ketones (excluding diaryl/α,β-unsaturated/α-hetero) is 1. The summed E-state index contributed by atoms with van der Waals surface area (Å²) in [5.74, 6) is 0.0265. The number of anilines is 1. The van der Waals surface area contributed by atoms with E-state index in [1.807, 2.05) is 12.1 Å². The van der Waals surface area contributed by atoms with E-state index in [1.165, 1.54) is 6.92 Å². The first-order valence-corrected chi connectivity index (χ1v) is 5.98. The van der Waals surface area contributed by atoms with Gasteiger partial charge in [0.2, 0.25) is 0 Å². The molecule has 1 aromatic carbocycles. The van der Waals surface area contributed by atoms with Crippen LogP contribution in [0.4, 0.5) is 5.69 Å². The number of halogens is 1. The molecule has 0 atom stereocenters. The van der Waals surface area contributed by atoms with Gasteiger partial charge in [0.15, 0.2) is 5.78 Å². The van der Waals surface area contributed by atoms with Gasteiger partial charge in [-0.25, -0.2) is 0 Å². The lowest BCUT2D eigenvalue weighted by atomic mass is 10.1. The van der Waals surface area contributed by atoms with E-state index in [-0.39, 0.29) is 5.78 Å². The van der Waals surface area contributed by atoms with Gasteiger partial charge in [0.05, 0.1) is 10.7 Å². The fourth-order valence-electron chi connectivity index (χ4n) is 1.58. The lowest BCUT2D eigenvalue weighted by molar-refractivity contribution is 0.101. The average Bonchev–Trinajstić information content (AvgIpc) is 2.38. The number of ketones is 1. The molecule has 0 amide bonds. The van der Waals surface area contributed by atoms with Gasteiger partial charge in [0.1, 0.15) is 0 Å². The van der Waals surface area contributed by atoms with Crippen molar-refractivity contribution in [2.75, 3.05) is 5.32 Å². The number of benzene rings is 1. The van der Waals surface area contributed by atoms with Gasteiger partial charge >= 0.3 is 0 Å². The van der Waals surface area contributed by atoms with Crippen LogP contribution in [0.2, 0.25) is 5.02 Å². The lowest BCUT2D eigenvalue weighted by Gasteiger charge is -2.09. The Morgan fingerprint density at radius 3 is 2.67 bits per heavy atom. The zero-order valence-electron chi connectivity index (χ0n) is 9.98. The number of hydrogen-bond donors (Lipinski definition) is 1. The van der Waals surface area contributed by atoms with Crippen LogP contribution in [0.25, 0.3) is 0 Å². The zero-order valence-corrected chi connectivity index (χ0v) is 10.7. The molecule has 0 aliphatic carbocycles. The predicted molar refractivity (Wildman–Crippen MR) is 73.0 cm³/mol. The van der Waals surface area contributed by atoms with Gasteiger partial charge in [-0.1, -0.05) is 11.6 Å². The molecule has 0 saturated heterocycles.